The van der Waals surface area contributed by atoms with Gasteiger partial charge in [0.15, 0.2) is 0 Å². The van der Waals surface area contributed by atoms with Crippen LogP contribution in [0.5, 0.6) is 0 Å². The van der Waals surface area contributed by atoms with Crippen LogP contribution in [-0.4, -0.2) is 35.5 Å². The van der Waals surface area contributed by atoms with E-state index in [1.807, 2.05) is 0 Å². The van der Waals surface area contributed by atoms with Crippen LogP contribution in [0.2, 0.25) is 0 Å². The van der Waals surface area contributed by atoms with Crippen LogP contribution in [0.3, 0.4) is 0 Å². The molecule has 1 aliphatic heterocycles. The van der Waals surface area contributed by atoms with Gasteiger partial charge in [0, 0.05) is 30.4 Å². The number of nitrogens with zero attached hydrogens (tertiary/aromatic N) is 2. The predicted octanol–water partition coefficient (Wildman–Crippen LogP) is 2.07. The highest BCUT2D eigenvalue weighted by Crippen LogP contribution is 2.26. The number of benzene rings is 1. The van der Waals surface area contributed by atoms with Gasteiger partial charge in [0.2, 0.25) is 0 Å². The van der Waals surface area contributed by atoms with Gasteiger partial charge >= 0.3 is 0 Å². The smallest absolute Gasteiger partial charge is 0.292 e. The monoisotopic (exact) mass is 264 g/mol. The summed E-state index contributed by atoms with van der Waals surface area (Å²) < 4.78 is 0. The van der Waals surface area contributed by atoms with Gasteiger partial charge in [-0.05, 0) is 38.9 Å². The summed E-state index contributed by atoms with van der Waals surface area (Å²) >= 11 is 0. The van der Waals surface area contributed by atoms with Crippen LogP contribution in [0.15, 0.2) is 18.2 Å². The van der Waals surface area contributed by atoms with Crippen LogP contribution < -0.4 is 11.1 Å². The molecule has 1 heterocycles. The van der Waals surface area contributed by atoms with E-state index in [9.17, 15) is 10.1 Å². The molecule has 0 spiro atoms. The first kappa shape index (κ1) is 13.6. The van der Waals surface area contributed by atoms with Crippen molar-refractivity contribution < 1.29 is 4.92 Å². The fraction of sp³-hybridized carbons (Fsp3) is 0.538. The Morgan fingerprint density at radius 3 is 2.84 bits per heavy atom. The summed E-state index contributed by atoms with van der Waals surface area (Å²) in [6, 6.07) is 5.75. The minimum atomic E-state index is -0.462. The third-order valence-corrected chi connectivity index (χ3v) is 3.80. The Kier molecular flexibility index (Phi) is 3.90. The first-order valence-electron chi connectivity index (χ1n) is 6.48. The number of anilines is 2. The second kappa shape index (κ2) is 5.44. The molecule has 1 aromatic rings. The SMILES string of the molecule is CC1CC(Nc2ccc([N+](=O)[O-])c(N)c2)CCN1C. The van der Waals surface area contributed by atoms with Crippen molar-refractivity contribution in [3.8, 4) is 0 Å². The van der Waals surface area contributed by atoms with Crippen LogP contribution in [-0.2, 0) is 0 Å². The number of rotatable bonds is 3. The van der Waals surface area contributed by atoms with E-state index in [1.54, 1.807) is 12.1 Å². The van der Waals surface area contributed by atoms with E-state index in [0.29, 0.717) is 12.1 Å². The summed E-state index contributed by atoms with van der Waals surface area (Å²) in [7, 11) is 2.13. The van der Waals surface area contributed by atoms with E-state index >= 15 is 0 Å². The molecule has 1 saturated heterocycles. The molecular weight excluding hydrogens is 244 g/mol. The number of hydrogen-bond acceptors (Lipinski definition) is 5. The molecule has 1 fully saturated rings. The van der Waals surface area contributed by atoms with E-state index in [2.05, 4.69) is 24.2 Å². The highest BCUT2D eigenvalue weighted by molar-refractivity contribution is 5.66. The number of nitrogens with one attached hydrogen (secondary N) is 1. The average Bonchev–Trinajstić information content (AvgIpc) is 2.33. The van der Waals surface area contributed by atoms with Crippen molar-refractivity contribution in [2.24, 2.45) is 0 Å². The number of nitro groups is 1. The van der Waals surface area contributed by atoms with Crippen molar-refractivity contribution in [3.05, 3.63) is 28.3 Å². The maximum absolute atomic E-state index is 10.7. The topological polar surface area (TPSA) is 84.4 Å². The first-order chi connectivity index (χ1) is 8.97. The van der Waals surface area contributed by atoms with Crippen molar-refractivity contribution in [2.75, 3.05) is 24.6 Å². The lowest BCUT2D eigenvalue weighted by Gasteiger charge is -2.35. The van der Waals surface area contributed by atoms with E-state index in [4.69, 9.17) is 5.73 Å². The Balaban J connectivity index is 2.04. The Morgan fingerprint density at radius 2 is 2.26 bits per heavy atom. The fourth-order valence-corrected chi connectivity index (χ4v) is 2.47. The molecule has 0 amide bonds. The summed E-state index contributed by atoms with van der Waals surface area (Å²) in [4.78, 5) is 12.6. The standard InChI is InChI=1S/C13H20N4O2/c1-9-7-11(5-6-16(9)2)15-10-3-4-13(17(18)19)12(14)8-10/h3-4,8-9,11,15H,5-7,14H2,1-2H3. The molecule has 1 aromatic carbocycles. The molecule has 6 nitrogen and oxygen atoms in total. The summed E-state index contributed by atoms with van der Waals surface area (Å²) in [6.07, 6.45) is 2.13. The van der Waals surface area contributed by atoms with Gasteiger partial charge in [-0.3, -0.25) is 10.1 Å². The van der Waals surface area contributed by atoms with Crippen LogP contribution in [0.4, 0.5) is 17.1 Å². The van der Waals surface area contributed by atoms with Crippen molar-refractivity contribution in [2.45, 2.75) is 31.8 Å². The molecule has 2 unspecified atom stereocenters. The van der Waals surface area contributed by atoms with Crippen LogP contribution >= 0.6 is 0 Å². The molecule has 0 aromatic heterocycles. The zero-order valence-electron chi connectivity index (χ0n) is 11.3. The third kappa shape index (κ3) is 3.14. The molecule has 19 heavy (non-hydrogen) atoms. The minimum absolute atomic E-state index is 0.0395. The van der Waals surface area contributed by atoms with Gasteiger partial charge in [-0.2, -0.15) is 0 Å². The van der Waals surface area contributed by atoms with E-state index in [0.717, 1.165) is 25.1 Å². The zero-order valence-corrected chi connectivity index (χ0v) is 11.3. The molecule has 6 heteroatoms. The highest BCUT2D eigenvalue weighted by Gasteiger charge is 2.22. The van der Waals surface area contributed by atoms with Gasteiger partial charge in [-0.15, -0.1) is 0 Å². The summed E-state index contributed by atoms with van der Waals surface area (Å²) in [5.41, 5.74) is 6.70. The second-order valence-electron chi connectivity index (χ2n) is 5.23. The van der Waals surface area contributed by atoms with E-state index in [1.165, 1.54) is 6.07 Å². The van der Waals surface area contributed by atoms with Crippen LogP contribution in [0.1, 0.15) is 19.8 Å². The molecule has 104 valence electrons. The second-order valence-corrected chi connectivity index (χ2v) is 5.23. The zero-order chi connectivity index (χ0) is 14.0. The molecule has 0 saturated carbocycles. The number of nitrogen functional groups attached to an aromatic ring is 1. The Labute approximate surface area is 112 Å². The number of hydrogen-bond donors (Lipinski definition) is 2. The van der Waals surface area contributed by atoms with Crippen molar-refractivity contribution in [3.63, 3.8) is 0 Å². The lowest BCUT2D eigenvalue weighted by atomic mass is 9.98. The summed E-state index contributed by atoms with van der Waals surface area (Å²) in [5.74, 6) is 0. The third-order valence-electron chi connectivity index (χ3n) is 3.80. The Morgan fingerprint density at radius 1 is 1.53 bits per heavy atom. The quantitative estimate of drug-likeness (QED) is 0.496. The number of nitrogens with two attached hydrogens (primary N) is 1. The molecule has 2 rings (SSSR count). The molecule has 0 radical (unpaired) electrons. The van der Waals surface area contributed by atoms with Crippen LogP contribution in [0, 0.1) is 10.1 Å². The number of likely N-dealkylation sites (tertiary alicyclic amines) is 1. The lowest BCUT2D eigenvalue weighted by Crippen LogP contribution is -2.42. The normalized spacial score (nSPS) is 24.1. The Hall–Kier alpha value is -1.82. The average molecular weight is 264 g/mol. The molecule has 2 atom stereocenters. The van der Waals surface area contributed by atoms with E-state index < -0.39 is 4.92 Å². The van der Waals surface area contributed by atoms with Gasteiger partial charge < -0.3 is 16.0 Å². The lowest BCUT2D eigenvalue weighted by molar-refractivity contribution is -0.383. The maximum atomic E-state index is 10.7. The molecule has 0 aliphatic carbocycles. The summed E-state index contributed by atoms with van der Waals surface area (Å²) in [5, 5.41) is 14.1. The highest BCUT2D eigenvalue weighted by atomic mass is 16.6. The van der Waals surface area contributed by atoms with Crippen molar-refractivity contribution >= 4 is 17.1 Å². The van der Waals surface area contributed by atoms with Gasteiger partial charge in [0.25, 0.3) is 5.69 Å². The maximum Gasteiger partial charge on any atom is 0.292 e. The van der Waals surface area contributed by atoms with Gasteiger partial charge in [-0.1, -0.05) is 0 Å². The largest absolute Gasteiger partial charge is 0.393 e. The van der Waals surface area contributed by atoms with Crippen LogP contribution in [0.25, 0.3) is 0 Å². The molecule has 1 aliphatic rings. The van der Waals surface area contributed by atoms with Gasteiger partial charge in [0.05, 0.1) is 4.92 Å². The Bertz CT molecular complexity index is 478. The predicted molar refractivity (Wildman–Crippen MR) is 76.2 cm³/mol. The number of piperidine rings is 1. The molecule has 3 N–H and O–H groups in total. The fourth-order valence-electron chi connectivity index (χ4n) is 2.47. The van der Waals surface area contributed by atoms with Crippen molar-refractivity contribution in [1.29, 1.82) is 0 Å². The molecule has 0 bridgehead atoms. The van der Waals surface area contributed by atoms with Gasteiger partial charge in [0.1, 0.15) is 5.69 Å². The number of nitro benzene ring substituents is 1. The first-order valence-corrected chi connectivity index (χ1v) is 6.48. The van der Waals surface area contributed by atoms with Crippen molar-refractivity contribution in [1.82, 2.24) is 4.90 Å². The summed E-state index contributed by atoms with van der Waals surface area (Å²) in [6.45, 7) is 3.26. The molecular formula is C13H20N4O2. The van der Waals surface area contributed by atoms with E-state index in [-0.39, 0.29) is 11.4 Å². The minimum Gasteiger partial charge on any atom is -0.393 e. The van der Waals surface area contributed by atoms with Gasteiger partial charge in [-0.25, -0.2) is 0 Å².